The molecular weight excluding hydrogens is 1150 g/mol. The van der Waals surface area contributed by atoms with Gasteiger partial charge in [-0.2, -0.15) is 26.3 Å². The Morgan fingerprint density at radius 1 is 0.398 bits per heavy atom. The topological polar surface area (TPSA) is 126 Å². The quantitative estimate of drug-likeness (QED) is 0.0262. The SMILES string of the molecule is C=C(C(=O)OC1CCC(c2ccc(OCOc3ccc(OCOc4cc(-c5c(OCOc6ccc(OCOc7ccc(C8CCC(OC(=O)C(=C)C(F)(F)F)CC8)cc7)cc6)ccc6cc(C)ccc56)c5ccc(C)cc5c4)cc3)cc2)CC1)C(F)(F)F. The molecule has 2 saturated carbocycles. The zero-order valence-corrected chi connectivity index (χ0v) is 48.4. The third kappa shape index (κ3) is 16.0. The zero-order chi connectivity index (χ0) is 62.0. The Kier molecular flexibility index (Phi) is 19.4. The van der Waals surface area contributed by atoms with Crippen LogP contribution in [-0.2, 0) is 19.1 Å². The van der Waals surface area contributed by atoms with E-state index in [1.807, 2.05) is 79.7 Å². The normalized spacial score (nSPS) is 16.9. The van der Waals surface area contributed by atoms with Gasteiger partial charge in [0.2, 0.25) is 27.2 Å². The molecule has 0 heterocycles. The van der Waals surface area contributed by atoms with E-state index >= 15 is 0 Å². The molecular formula is C70H64F6O12. The Morgan fingerprint density at radius 3 is 1.15 bits per heavy atom. The largest absolute Gasteiger partial charge is 0.459 e. The molecule has 0 atom stereocenters. The van der Waals surface area contributed by atoms with Crippen molar-refractivity contribution in [2.75, 3.05) is 27.2 Å². The number of fused-ring (bicyclic) bond motifs is 2. The number of ether oxygens (including phenoxy) is 10. The summed E-state index contributed by atoms with van der Waals surface area (Å²) in [5.41, 5.74) is 3.08. The van der Waals surface area contributed by atoms with Crippen LogP contribution in [0, 0.1) is 13.8 Å². The maximum absolute atomic E-state index is 12.8. The predicted octanol–water partition coefficient (Wildman–Crippen LogP) is 17.3. The van der Waals surface area contributed by atoms with Crippen molar-refractivity contribution in [1.82, 2.24) is 0 Å². The van der Waals surface area contributed by atoms with Crippen LogP contribution in [0.15, 0.2) is 182 Å². The van der Waals surface area contributed by atoms with Crippen LogP contribution >= 0.6 is 0 Å². The number of alkyl halides is 6. The second-order valence-corrected chi connectivity index (χ2v) is 21.8. The number of aryl methyl sites for hydroxylation is 2. The third-order valence-electron chi connectivity index (χ3n) is 15.7. The van der Waals surface area contributed by atoms with Gasteiger partial charge in [0.25, 0.3) is 0 Å². The van der Waals surface area contributed by atoms with Crippen LogP contribution in [0.4, 0.5) is 26.3 Å². The summed E-state index contributed by atoms with van der Waals surface area (Å²) in [4.78, 5) is 23.7. The van der Waals surface area contributed by atoms with Gasteiger partial charge >= 0.3 is 24.3 Å². The van der Waals surface area contributed by atoms with E-state index in [1.54, 1.807) is 48.5 Å². The van der Waals surface area contributed by atoms with Gasteiger partial charge in [0.05, 0.1) is 0 Å². The van der Waals surface area contributed by atoms with Gasteiger partial charge in [-0.05, 0) is 206 Å². The molecule has 458 valence electrons. The van der Waals surface area contributed by atoms with Crippen molar-refractivity contribution in [3.05, 3.63) is 204 Å². The van der Waals surface area contributed by atoms with Crippen LogP contribution < -0.4 is 37.9 Å². The standard InChI is InChI=1S/C70H64F6O12/c1-43-6-33-63-51(35-43)15-34-65(86-42-84-58-30-28-56(29-31-58)82-40-80-54-18-9-48(10-19-54)50-13-22-60(23-14-50)88-68(78)46(4)70(74,75)76)66(63)64-38-61(37-52-36-44(2)5-32-62(52)64)85-41-83-57-26-24-55(25-27-57)81-39-79-53-16-7-47(8-17-53)49-11-20-59(21-12-49)87-67(77)45(3)69(71,72)73/h5-10,15-19,24-38,49-50,59-60H,3-4,11-14,20-23,39-42H2,1-2H3. The first-order chi connectivity index (χ1) is 42.3. The Labute approximate surface area is 505 Å². The molecule has 0 amide bonds. The molecule has 2 fully saturated rings. The first-order valence-corrected chi connectivity index (χ1v) is 28.7. The maximum atomic E-state index is 12.8. The van der Waals surface area contributed by atoms with E-state index in [9.17, 15) is 35.9 Å². The van der Waals surface area contributed by atoms with E-state index in [4.69, 9.17) is 47.4 Å². The van der Waals surface area contributed by atoms with Crippen molar-refractivity contribution in [2.45, 2.75) is 102 Å². The molecule has 12 nitrogen and oxygen atoms in total. The van der Waals surface area contributed by atoms with Crippen molar-refractivity contribution in [2.24, 2.45) is 0 Å². The van der Waals surface area contributed by atoms with Crippen molar-refractivity contribution < 1.29 is 83.3 Å². The van der Waals surface area contributed by atoms with Gasteiger partial charge in [0.1, 0.15) is 69.4 Å². The maximum Gasteiger partial charge on any atom is 0.422 e. The van der Waals surface area contributed by atoms with Gasteiger partial charge in [-0.3, -0.25) is 0 Å². The highest BCUT2D eigenvalue weighted by Crippen LogP contribution is 2.44. The first kappa shape index (κ1) is 61.8. The number of hydrogen-bond acceptors (Lipinski definition) is 12. The Hall–Kier alpha value is -9.32. The second-order valence-electron chi connectivity index (χ2n) is 21.8. The minimum atomic E-state index is -4.82. The van der Waals surface area contributed by atoms with Crippen LogP contribution in [0.2, 0.25) is 0 Å². The van der Waals surface area contributed by atoms with Crippen molar-refractivity contribution in [1.29, 1.82) is 0 Å². The lowest BCUT2D eigenvalue weighted by molar-refractivity contribution is -0.158. The highest BCUT2D eigenvalue weighted by atomic mass is 19.4. The summed E-state index contributed by atoms with van der Waals surface area (Å²) in [6.07, 6.45) is -6.30. The summed E-state index contributed by atoms with van der Waals surface area (Å²) >= 11 is 0. The molecule has 8 aromatic rings. The fourth-order valence-electron chi connectivity index (χ4n) is 10.9. The number of benzene rings is 8. The molecule has 2 aliphatic rings. The zero-order valence-electron chi connectivity index (χ0n) is 48.4. The molecule has 0 spiro atoms. The average Bonchev–Trinajstić information content (AvgIpc) is 1.03. The van der Waals surface area contributed by atoms with Crippen LogP contribution in [0.1, 0.15) is 85.5 Å². The Bertz CT molecular complexity index is 3740. The predicted molar refractivity (Wildman–Crippen MR) is 319 cm³/mol. The second kappa shape index (κ2) is 27.6. The number of carbonyl (C=O) groups is 2. The lowest BCUT2D eigenvalue weighted by atomic mass is 9.83. The van der Waals surface area contributed by atoms with Crippen LogP contribution in [0.5, 0.6) is 46.0 Å². The number of halogens is 6. The highest BCUT2D eigenvalue weighted by molar-refractivity contribution is 6.08. The van der Waals surface area contributed by atoms with E-state index < -0.39 is 47.6 Å². The van der Waals surface area contributed by atoms with Gasteiger partial charge in [-0.25, -0.2) is 9.59 Å². The molecule has 0 aliphatic heterocycles. The van der Waals surface area contributed by atoms with Gasteiger partial charge in [0.15, 0.2) is 0 Å². The summed E-state index contributed by atoms with van der Waals surface area (Å²) in [6.45, 7) is 9.46. The molecule has 8 aromatic carbocycles. The summed E-state index contributed by atoms with van der Waals surface area (Å²) in [7, 11) is 0. The summed E-state index contributed by atoms with van der Waals surface area (Å²) < 4.78 is 136. The molecule has 0 unspecified atom stereocenters. The van der Waals surface area contributed by atoms with E-state index in [0.29, 0.717) is 97.4 Å². The van der Waals surface area contributed by atoms with Crippen LogP contribution in [0.3, 0.4) is 0 Å². The van der Waals surface area contributed by atoms with Crippen molar-refractivity contribution in [3.63, 3.8) is 0 Å². The van der Waals surface area contributed by atoms with Gasteiger partial charge in [0, 0.05) is 5.56 Å². The van der Waals surface area contributed by atoms with Gasteiger partial charge < -0.3 is 47.4 Å². The van der Waals surface area contributed by atoms with E-state index in [-0.39, 0.29) is 39.0 Å². The molecule has 0 saturated heterocycles. The number of rotatable bonds is 23. The molecule has 10 rings (SSSR count). The Balaban J connectivity index is 0.697. The van der Waals surface area contributed by atoms with Gasteiger partial charge in [-0.15, -0.1) is 0 Å². The van der Waals surface area contributed by atoms with Crippen molar-refractivity contribution in [3.8, 4) is 57.1 Å². The molecule has 0 radical (unpaired) electrons. The van der Waals surface area contributed by atoms with Gasteiger partial charge in [-0.1, -0.05) is 91.0 Å². The van der Waals surface area contributed by atoms with E-state index in [1.165, 1.54) is 0 Å². The fourth-order valence-corrected chi connectivity index (χ4v) is 10.9. The number of esters is 2. The minimum absolute atomic E-state index is 0.0502. The average molecular weight is 1210 g/mol. The minimum Gasteiger partial charge on any atom is -0.459 e. The first-order valence-electron chi connectivity index (χ1n) is 28.7. The van der Waals surface area contributed by atoms with Crippen molar-refractivity contribution >= 4 is 33.5 Å². The lowest BCUT2D eigenvalue weighted by Crippen LogP contribution is -2.28. The fraction of sp³-hybridized carbons (Fsp3) is 0.286. The molecule has 0 N–H and O–H groups in total. The summed E-state index contributed by atoms with van der Waals surface area (Å²) in [6, 6.07) is 49.9. The molecule has 88 heavy (non-hydrogen) atoms. The molecule has 0 aromatic heterocycles. The molecule has 2 aliphatic carbocycles. The Morgan fingerprint density at radius 2 is 0.750 bits per heavy atom. The summed E-state index contributed by atoms with van der Waals surface area (Å²) in [5.74, 6) is 2.12. The number of carbonyl (C=O) groups excluding carboxylic acids is 2. The van der Waals surface area contributed by atoms with E-state index in [2.05, 4.69) is 56.5 Å². The van der Waals surface area contributed by atoms with E-state index in [0.717, 1.165) is 54.9 Å². The highest BCUT2D eigenvalue weighted by Gasteiger charge is 2.40. The summed E-state index contributed by atoms with van der Waals surface area (Å²) in [5, 5.41) is 3.98. The monoisotopic (exact) mass is 1210 g/mol. The third-order valence-corrected chi connectivity index (χ3v) is 15.7. The number of hydrogen-bond donors (Lipinski definition) is 0. The van der Waals surface area contributed by atoms with Crippen LogP contribution in [-0.4, -0.2) is 63.7 Å². The molecule has 18 heteroatoms. The van der Waals surface area contributed by atoms with Crippen LogP contribution in [0.25, 0.3) is 32.7 Å². The molecule has 0 bridgehead atoms. The lowest BCUT2D eigenvalue weighted by Gasteiger charge is -2.29. The smallest absolute Gasteiger partial charge is 0.422 e.